The van der Waals surface area contributed by atoms with Gasteiger partial charge in [0.2, 0.25) is 0 Å². The second-order valence-corrected chi connectivity index (χ2v) is 4.15. The van der Waals surface area contributed by atoms with Crippen molar-refractivity contribution < 1.29 is 14.3 Å². The molecule has 0 atom stereocenters. The summed E-state index contributed by atoms with van der Waals surface area (Å²) in [4.78, 5) is 11.8. The molecule has 0 spiro atoms. The van der Waals surface area contributed by atoms with Gasteiger partial charge in [0.1, 0.15) is 11.4 Å². The lowest BCUT2D eigenvalue weighted by Gasteiger charge is -2.20. The van der Waals surface area contributed by atoms with E-state index in [1.165, 1.54) is 0 Å². The molecule has 0 aliphatic carbocycles. The lowest BCUT2D eigenvalue weighted by Crippen LogP contribution is -2.25. The van der Waals surface area contributed by atoms with Gasteiger partial charge >= 0.3 is 5.97 Å². The lowest BCUT2D eigenvalue weighted by atomic mass is 10.1. The Morgan fingerprint density at radius 1 is 1.31 bits per heavy atom. The first-order chi connectivity index (χ1) is 7.59. The van der Waals surface area contributed by atoms with E-state index in [0.717, 1.165) is 0 Å². The molecule has 2 rings (SSSR count). The van der Waals surface area contributed by atoms with Crippen LogP contribution in [0.1, 0.15) is 24.2 Å². The third kappa shape index (κ3) is 2.14. The summed E-state index contributed by atoms with van der Waals surface area (Å²) in [5, 5.41) is 0. The molecule has 0 unspecified atom stereocenters. The van der Waals surface area contributed by atoms with Crippen LogP contribution in [0.4, 0.5) is 0 Å². The van der Waals surface area contributed by atoms with Gasteiger partial charge in [-0.05, 0) is 32.1 Å². The maximum absolute atomic E-state index is 11.8. The molecule has 1 aromatic rings. The van der Waals surface area contributed by atoms with Gasteiger partial charge in [-0.3, -0.25) is 0 Å². The predicted octanol–water partition coefficient (Wildman–Crippen LogP) is 2.54. The molecule has 1 aliphatic rings. The average molecular weight is 218 g/mol. The van der Waals surface area contributed by atoms with Crippen LogP contribution in [0.5, 0.6) is 0 Å². The normalized spacial score (nSPS) is 18.0. The summed E-state index contributed by atoms with van der Waals surface area (Å²) in [6, 6.07) is 8.93. The van der Waals surface area contributed by atoms with Crippen LogP contribution in [0.25, 0.3) is 0 Å². The van der Waals surface area contributed by atoms with Gasteiger partial charge in [-0.2, -0.15) is 0 Å². The van der Waals surface area contributed by atoms with Crippen molar-refractivity contribution in [1.29, 1.82) is 0 Å². The highest BCUT2D eigenvalue weighted by atomic mass is 16.6. The Bertz CT molecular complexity index is 418. The fraction of sp³-hybridized carbons (Fsp3) is 0.308. The quantitative estimate of drug-likeness (QED) is 0.715. The van der Waals surface area contributed by atoms with Crippen LogP contribution in [0.15, 0.2) is 42.2 Å². The molecule has 1 heterocycles. The minimum Gasteiger partial charge on any atom is -0.425 e. The molecule has 0 amide bonds. The van der Waals surface area contributed by atoms with Gasteiger partial charge in [0.15, 0.2) is 0 Å². The van der Waals surface area contributed by atoms with Crippen LogP contribution in [0.2, 0.25) is 0 Å². The molecule has 0 saturated heterocycles. The second-order valence-electron chi connectivity index (χ2n) is 4.15. The van der Waals surface area contributed by atoms with Crippen molar-refractivity contribution in [3.63, 3.8) is 0 Å². The number of ether oxygens (including phenoxy) is 2. The van der Waals surface area contributed by atoms with Gasteiger partial charge in [-0.1, -0.05) is 18.2 Å². The maximum atomic E-state index is 11.8. The van der Waals surface area contributed by atoms with E-state index in [1.54, 1.807) is 30.3 Å². The van der Waals surface area contributed by atoms with Crippen LogP contribution in [-0.4, -0.2) is 18.2 Å². The molecule has 84 valence electrons. The van der Waals surface area contributed by atoms with Crippen molar-refractivity contribution in [2.75, 3.05) is 6.61 Å². The Morgan fingerprint density at radius 3 is 2.56 bits per heavy atom. The van der Waals surface area contributed by atoms with Crippen LogP contribution < -0.4 is 0 Å². The molecular formula is C13H14O3. The Labute approximate surface area is 94.7 Å². The van der Waals surface area contributed by atoms with Crippen LogP contribution >= 0.6 is 0 Å². The van der Waals surface area contributed by atoms with E-state index in [-0.39, 0.29) is 5.97 Å². The zero-order valence-electron chi connectivity index (χ0n) is 9.40. The molecule has 0 N–H and O–H groups in total. The van der Waals surface area contributed by atoms with Gasteiger partial charge in [0.25, 0.3) is 0 Å². The summed E-state index contributed by atoms with van der Waals surface area (Å²) in [5.74, 6) is 0.242. The van der Waals surface area contributed by atoms with E-state index >= 15 is 0 Å². The number of esters is 1. The first-order valence-corrected chi connectivity index (χ1v) is 5.21. The molecular weight excluding hydrogens is 204 g/mol. The van der Waals surface area contributed by atoms with Crippen molar-refractivity contribution in [2.24, 2.45) is 0 Å². The van der Waals surface area contributed by atoms with Crippen molar-refractivity contribution in [3.05, 3.63) is 47.7 Å². The third-order valence-corrected chi connectivity index (χ3v) is 2.52. The van der Waals surface area contributed by atoms with E-state index in [2.05, 4.69) is 0 Å². The van der Waals surface area contributed by atoms with E-state index in [1.807, 2.05) is 19.9 Å². The summed E-state index contributed by atoms with van der Waals surface area (Å²) in [6.07, 6.45) is 1.79. The highest BCUT2D eigenvalue weighted by molar-refractivity contribution is 5.90. The molecule has 0 bridgehead atoms. The zero-order chi connectivity index (χ0) is 11.6. The molecule has 0 fully saturated rings. The highest BCUT2D eigenvalue weighted by Gasteiger charge is 2.32. The van der Waals surface area contributed by atoms with E-state index in [0.29, 0.717) is 17.9 Å². The standard InChI is InChI=1S/C13H14O3/c1-13(2)11(8-9-15-13)16-12(14)10-6-4-3-5-7-10/h3-8H,9H2,1-2H3. The van der Waals surface area contributed by atoms with Gasteiger partial charge in [-0.15, -0.1) is 0 Å². The minimum atomic E-state index is -0.509. The largest absolute Gasteiger partial charge is 0.425 e. The molecule has 0 saturated carbocycles. The summed E-state index contributed by atoms with van der Waals surface area (Å²) in [6.45, 7) is 4.25. The van der Waals surface area contributed by atoms with Crippen LogP contribution in [-0.2, 0) is 9.47 Å². The molecule has 1 aliphatic heterocycles. The summed E-state index contributed by atoms with van der Waals surface area (Å²) in [5.41, 5.74) is 0.0378. The fourth-order valence-corrected chi connectivity index (χ4v) is 1.54. The average Bonchev–Trinajstić information content (AvgIpc) is 2.59. The zero-order valence-corrected chi connectivity index (χ0v) is 9.40. The minimum absolute atomic E-state index is 0.342. The number of benzene rings is 1. The molecule has 16 heavy (non-hydrogen) atoms. The first-order valence-electron chi connectivity index (χ1n) is 5.21. The number of carbonyl (C=O) groups is 1. The fourth-order valence-electron chi connectivity index (χ4n) is 1.54. The second kappa shape index (κ2) is 4.10. The first kappa shape index (κ1) is 10.9. The van der Waals surface area contributed by atoms with Crippen molar-refractivity contribution in [2.45, 2.75) is 19.4 Å². The summed E-state index contributed by atoms with van der Waals surface area (Å²) in [7, 11) is 0. The smallest absolute Gasteiger partial charge is 0.343 e. The molecule has 0 aromatic heterocycles. The van der Waals surface area contributed by atoms with Gasteiger partial charge in [0.05, 0.1) is 12.2 Å². The number of carbonyl (C=O) groups excluding carboxylic acids is 1. The van der Waals surface area contributed by atoms with Crippen LogP contribution in [0.3, 0.4) is 0 Å². The number of hydrogen-bond acceptors (Lipinski definition) is 3. The van der Waals surface area contributed by atoms with E-state index in [9.17, 15) is 4.79 Å². The molecule has 1 aromatic carbocycles. The Hall–Kier alpha value is -1.61. The van der Waals surface area contributed by atoms with Crippen molar-refractivity contribution >= 4 is 5.97 Å². The van der Waals surface area contributed by atoms with Gasteiger partial charge in [-0.25, -0.2) is 4.79 Å². The molecule has 3 heteroatoms. The number of hydrogen-bond donors (Lipinski definition) is 0. The Kier molecular flexibility index (Phi) is 2.79. The van der Waals surface area contributed by atoms with Gasteiger partial charge < -0.3 is 9.47 Å². The number of rotatable bonds is 2. The molecule has 0 radical (unpaired) electrons. The van der Waals surface area contributed by atoms with Crippen molar-refractivity contribution in [1.82, 2.24) is 0 Å². The van der Waals surface area contributed by atoms with E-state index < -0.39 is 5.60 Å². The predicted molar refractivity (Wildman–Crippen MR) is 60.0 cm³/mol. The van der Waals surface area contributed by atoms with Crippen LogP contribution in [0, 0.1) is 0 Å². The maximum Gasteiger partial charge on any atom is 0.343 e. The SMILES string of the molecule is CC1(C)OCC=C1OC(=O)c1ccccc1. The monoisotopic (exact) mass is 218 g/mol. The summed E-state index contributed by atoms with van der Waals surface area (Å²) < 4.78 is 10.7. The summed E-state index contributed by atoms with van der Waals surface area (Å²) >= 11 is 0. The Morgan fingerprint density at radius 2 is 2.00 bits per heavy atom. The third-order valence-electron chi connectivity index (χ3n) is 2.52. The highest BCUT2D eigenvalue weighted by Crippen LogP contribution is 2.27. The van der Waals surface area contributed by atoms with E-state index in [4.69, 9.17) is 9.47 Å². The molecule has 3 nitrogen and oxygen atoms in total. The van der Waals surface area contributed by atoms with Crippen molar-refractivity contribution in [3.8, 4) is 0 Å². The topological polar surface area (TPSA) is 35.5 Å². The Balaban J connectivity index is 2.09. The lowest BCUT2D eigenvalue weighted by molar-refractivity contribution is 0.00862. The van der Waals surface area contributed by atoms with Gasteiger partial charge in [0, 0.05) is 0 Å².